The van der Waals surface area contributed by atoms with Gasteiger partial charge in [0.25, 0.3) is 0 Å². The van der Waals surface area contributed by atoms with Gasteiger partial charge in [0.2, 0.25) is 5.88 Å². The molecule has 3 aliphatic heterocycles. The van der Waals surface area contributed by atoms with Gasteiger partial charge < -0.3 is 28.6 Å². The second-order valence-corrected chi connectivity index (χ2v) is 17.4. The van der Waals surface area contributed by atoms with Gasteiger partial charge in [-0.25, -0.2) is 22.8 Å². The number of ether oxygens (including phenoxy) is 5. The van der Waals surface area contributed by atoms with Crippen molar-refractivity contribution in [2.45, 2.75) is 82.4 Å². The van der Waals surface area contributed by atoms with Gasteiger partial charge in [-0.05, 0) is 85.5 Å². The van der Waals surface area contributed by atoms with Crippen molar-refractivity contribution in [2.75, 3.05) is 39.4 Å². The number of rotatable bonds is 14. The summed E-state index contributed by atoms with van der Waals surface area (Å²) in [6.07, 6.45) is 2.60. The van der Waals surface area contributed by atoms with E-state index in [-0.39, 0.29) is 74.3 Å². The summed E-state index contributed by atoms with van der Waals surface area (Å²) < 4.78 is 76.6. The summed E-state index contributed by atoms with van der Waals surface area (Å²) in [6, 6.07) is 26.9. The molecule has 2 aromatic heterocycles. The first-order valence-electron chi connectivity index (χ1n) is 22.1. The fourth-order valence-corrected chi connectivity index (χ4v) is 9.51. The number of aryl methyl sites for hydroxylation is 1. The number of nitrogens with zero attached hydrogens (tertiary/aromatic N) is 5. The maximum absolute atomic E-state index is 17.1. The zero-order valence-corrected chi connectivity index (χ0v) is 36.1. The third-order valence-electron chi connectivity index (χ3n) is 12.7. The van der Waals surface area contributed by atoms with Gasteiger partial charge >= 0.3 is 18.3 Å². The van der Waals surface area contributed by atoms with E-state index in [4.69, 9.17) is 23.7 Å². The lowest BCUT2D eigenvalue weighted by molar-refractivity contribution is -0.0608. The topological polar surface area (TPSA) is 125 Å². The molecule has 3 saturated heterocycles. The summed E-state index contributed by atoms with van der Waals surface area (Å²) in [7, 11) is 0. The number of piperidine rings is 1. The number of hydrogen-bond acceptors (Lipinski definition) is 11. The summed E-state index contributed by atoms with van der Waals surface area (Å²) in [6.45, 7) is 3.79. The Balaban J connectivity index is 0.916. The molecule has 1 amide bonds. The highest BCUT2D eigenvalue weighted by Crippen LogP contribution is 2.41. The first-order valence-corrected chi connectivity index (χ1v) is 22.1. The lowest BCUT2D eigenvalue weighted by atomic mass is 9.94. The van der Waals surface area contributed by atoms with Gasteiger partial charge in [-0.3, -0.25) is 9.88 Å². The molecule has 338 valence electrons. The average molecular weight is 890 g/mol. The number of carbonyl (C=O) groups is 2. The second-order valence-electron chi connectivity index (χ2n) is 17.4. The maximum Gasteiger partial charge on any atom is 0.508 e. The Morgan fingerprint density at radius 1 is 0.846 bits per heavy atom. The van der Waals surface area contributed by atoms with Crippen molar-refractivity contribution in [1.29, 1.82) is 0 Å². The molecule has 0 radical (unpaired) electrons. The number of hydrogen-bond donors (Lipinski definition) is 0. The smallest absolute Gasteiger partial charge is 0.472 e. The van der Waals surface area contributed by atoms with Crippen molar-refractivity contribution >= 4 is 33.9 Å². The van der Waals surface area contributed by atoms with E-state index in [1.54, 1.807) is 31.2 Å². The van der Waals surface area contributed by atoms with Crippen LogP contribution >= 0.6 is 0 Å². The Morgan fingerprint density at radius 3 is 2.42 bits per heavy atom. The van der Waals surface area contributed by atoms with Crippen molar-refractivity contribution in [3.05, 3.63) is 126 Å². The molecule has 15 heteroatoms. The lowest BCUT2D eigenvalue weighted by Crippen LogP contribution is -2.51. The van der Waals surface area contributed by atoms with Gasteiger partial charge in [0.05, 0.1) is 24.1 Å². The van der Waals surface area contributed by atoms with E-state index in [0.717, 1.165) is 30.5 Å². The minimum absolute atomic E-state index is 0.0659. The van der Waals surface area contributed by atoms with Crippen molar-refractivity contribution in [1.82, 2.24) is 24.8 Å². The molecule has 0 spiro atoms. The van der Waals surface area contributed by atoms with Crippen LogP contribution in [0.5, 0.6) is 11.9 Å². The molecule has 0 aliphatic carbocycles. The minimum Gasteiger partial charge on any atom is -0.472 e. The highest BCUT2D eigenvalue weighted by Gasteiger charge is 2.49. The van der Waals surface area contributed by atoms with E-state index in [1.165, 1.54) is 17.2 Å². The highest BCUT2D eigenvalue weighted by atomic mass is 19.1. The number of likely N-dealkylation sites (tertiary alicyclic amines) is 1. The van der Waals surface area contributed by atoms with Crippen LogP contribution in [0.25, 0.3) is 32.9 Å². The predicted octanol–water partition coefficient (Wildman–Crippen LogP) is 9.93. The molecule has 0 saturated carbocycles. The molecule has 3 aliphatic rings. The molecular formula is C50H50F3N5O7. The third kappa shape index (κ3) is 9.65. The van der Waals surface area contributed by atoms with Crippen LogP contribution in [0, 0.1) is 11.6 Å². The zero-order chi connectivity index (χ0) is 45.0. The molecule has 0 N–H and O–H groups in total. The van der Waals surface area contributed by atoms with Gasteiger partial charge in [-0.1, -0.05) is 84.9 Å². The highest BCUT2D eigenvalue weighted by molar-refractivity contribution is 6.00. The lowest BCUT2D eigenvalue weighted by Gasteiger charge is -2.38. The Morgan fingerprint density at radius 2 is 1.62 bits per heavy atom. The summed E-state index contributed by atoms with van der Waals surface area (Å²) >= 11 is 0. The fourth-order valence-electron chi connectivity index (χ4n) is 9.51. The summed E-state index contributed by atoms with van der Waals surface area (Å²) in [5.74, 6) is -1.22. The second kappa shape index (κ2) is 18.9. The van der Waals surface area contributed by atoms with Crippen molar-refractivity contribution in [2.24, 2.45) is 0 Å². The summed E-state index contributed by atoms with van der Waals surface area (Å²) in [5.41, 5.74) is 0.708. The van der Waals surface area contributed by atoms with Crippen LogP contribution in [0.3, 0.4) is 0 Å². The number of carbonyl (C=O) groups excluding carboxylic acids is 2. The molecule has 3 fully saturated rings. The number of benzene rings is 4. The maximum atomic E-state index is 17.1. The quantitative estimate of drug-likeness (QED) is 0.0767. The number of halogens is 3. The van der Waals surface area contributed by atoms with Crippen LogP contribution in [-0.4, -0.2) is 93.7 Å². The van der Waals surface area contributed by atoms with E-state index >= 15 is 8.78 Å². The Labute approximate surface area is 374 Å². The monoisotopic (exact) mass is 889 g/mol. The number of aromatic nitrogens is 3. The third-order valence-corrected chi connectivity index (χ3v) is 12.7. The number of alkyl halides is 1. The Kier molecular flexibility index (Phi) is 12.7. The first kappa shape index (κ1) is 43.8. The molecule has 6 aromatic rings. The number of pyridine rings is 1. The molecule has 12 nitrogen and oxygen atoms in total. The summed E-state index contributed by atoms with van der Waals surface area (Å²) in [4.78, 5) is 43.1. The SMILES string of the molecule is C[C@@]1(OC(=O)OCCCc2c(F)ccc3cccc(-c4ncc5c(OCc6ccccc6)nc(OC[C@@]67CCCN6C[C@H](F)C7)nc5c4F)c23)CCCN(C(=O)OCc2ccccc2)C1. The molecule has 9 rings (SSSR count). The molecule has 0 unspecified atom stereocenters. The van der Waals surface area contributed by atoms with Crippen LogP contribution < -0.4 is 9.47 Å². The van der Waals surface area contributed by atoms with Gasteiger partial charge in [-0.15, -0.1) is 0 Å². The van der Waals surface area contributed by atoms with E-state index in [0.29, 0.717) is 54.3 Å². The van der Waals surface area contributed by atoms with Gasteiger partial charge in [0, 0.05) is 31.3 Å². The van der Waals surface area contributed by atoms with Crippen molar-refractivity contribution < 1.29 is 46.4 Å². The molecule has 5 heterocycles. The zero-order valence-electron chi connectivity index (χ0n) is 36.1. The summed E-state index contributed by atoms with van der Waals surface area (Å²) in [5, 5.41) is 1.32. The number of amides is 1. The first-order chi connectivity index (χ1) is 31.6. The van der Waals surface area contributed by atoms with E-state index < -0.39 is 41.2 Å². The molecule has 4 aromatic carbocycles. The molecule has 65 heavy (non-hydrogen) atoms. The van der Waals surface area contributed by atoms with Crippen molar-refractivity contribution in [3.8, 4) is 23.1 Å². The molecular weight excluding hydrogens is 840 g/mol. The van der Waals surface area contributed by atoms with Crippen LogP contribution in [0.4, 0.5) is 22.8 Å². The minimum atomic E-state index is -0.993. The van der Waals surface area contributed by atoms with Gasteiger partial charge in [-0.2, -0.15) is 9.97 Å². The van der Waals surface area contributed by atoms with Crippen molar-refractivity contribution in [3.63, 3.8) is 0 Å². The van der Waals surface area contributed by atoms with Crippen LogP contribution in [0.15, 0.2) is 97.2 Å². The molecule has 0 bridgehead atoms. The van der Waals surface area contributed by atoms with Crippen LogP contribution in [0.2, 0.25) is 0 Å². The largest absolute Gasteiger partial charge is 0.508 e. The normalized spacial score (nSPS) is 20.7. The Hall–Kier alpha value is -6.48. The van der Waals surface area contributed by atoms with Gasteiger partial charge in [0.15, 0.2) is 5.82 Å². The van der Waals surface area contributed by atoms with E-state index in [1.807, 2.05) is 60.7 Å². The van der Waals surface area contributed by atoms with Gasteiger partial charge in [0.1, 0.15) is 48.6 Å². The fraction of sp³-hybridized carbons (Fsp3) is 0.380. The van der Waals surface area contributed by atoms with E-state index in [2.05, 4.69) is 19.9 Å². The molecule has 3 atom stereocenters. The van der Waals surface area contributed by atoms with Crippen LogP contribution in [0.1, 0.15) is 62.1 Å². The average Bonchev–Trinajstić information content (AvgIpc) is 3.85. The Bertz CT molecular complexity index is 2680. The van der Waals surface area contributed by atoms with E-state index in [9.17, 15) is 14.0 Å². The standard InChI is InChI=1S/C50H50F3N5O7/c1-49(21-10-23-57(31-49)47(59)63-30-34-14-6-3-7-15-34)65-48(60)61-25-9-18-37-40(52)20-19-35-16-8-17-38(41(35)37)43-42(53)44-39(27-54-43)45(62-29-33-12-4-2-5-13-33)56-46(55-44)64-32-50-22-11-24-58(50)28-36(51)26-50/h2-8,12-17,19-20,27,36H,9-11,18,21-26,28-32H2,1H3/t36-,49-,50+/m1/s1. The predicted molar refractivity (Wildman–Crippen MR) is 236 cm³/mol. The number of fused-ring (bicyclic) bond motifs is 3. The van der Waals surface area contributed by atoms with Crippen LogP contribution in [-0.2, 0) is 33.8 Å².